The fraction of sp³-hybridized carbons (Fsp3) is 0.846. The van der Waals surface area contributed by atoms with Crippen molar-refractivity contribution in [2.45, 2.75) is 52.7 Å². The minimum Gasteiger partial charge on any atom is -0.460 e. The summed E-state index contributed by atoms with van der Waals surface area (Å²) in [6.45, 7) is 10.3. The number of amides is 1. The van der Waals surface area contributed by atoms with Crippen LogP contribution in [-0.4, -0.2) is 48.6 Å². The minimum absolute atomic E-state index is 0.0293. The molecule has 0 aromatic heterocycles. The zero-order valence-corrected chi connectivity index (χ0v) is 12.4. The monoisotopic (exact) mass is 258 g/mol. The highest BCUT2D eigenvalue weighted by molar-refractivity contribution is 5.81. The standard InChI is InChI=1S/C13H26N2O3/c1-7-15(6)12(17)10(2)14-9-8-11(16)18-13(3,4)5/h10,14H,7-9H2,1-6H3. The molecule has 0 saturated heterocycles. The summed E-state index contributed by atoms with van der Waals surface area (Å²) in [7, 11) is 1.76. The fourth-order valence-electron chi connectivity index (χ4n) is 1.36. The maximum absolute atomic E-state index is 11.7. The van der Waals surface area contributed by atoms with Gasteiger partial charge in [0.25, 0.3) is 0 Å². The second kappa shape index (κ2) is 7.36. The highest BCUT2D eigenvalue weighted by atomic mass is 16.6. The molecule has 0 aromatic carbocycles. The average molecular weight is 258 g/mol. The van der Waals surface area contributed by atoms with Gasteiger partial charge in [0, 0.05) is 20.1 Å². The first-order valence-electron chi connectivity index (χ1n) is 6.37. The third-order valence-corrected chi connectivity index (χ3v) is 2.42. The summed E-state index contributed by atoms with van der Waals surface area (Å²) in [5, 5.41) is 3.02. The van der Waals surface area contributed by atoms with E-state index in [-0.39, 0.29) is 24.3 Å². The van der Waals surface area contributed by atoms with Crippen molar-refractivity contribution < 1.29 is 14.3 Å². The number of carbonyl (C=O) groups excluding carboxylic acids is 2. The van der Waals surface area contributed by atoms with Crippen molar-refractivity contribution in [1.29, 1.82) is 0 Å². The molecule has 5 heteroatoms. The second-order valence-corrected chi connectivity index (χ2v) is 5.36. The van der Waals surface area contributed by atoms with Crippen LogP contribution in [0.2, 0.25) is 0 Å². The van der Waals surface area contributed by atoms with Gasteiger partial charge in [-0.25, -0.2) is 0 Å². The number of rotatable bonds is 6. The van der Waals surface area contributed by atoms with Crippen molar-refractivity contribution in [1.82, 2.24) is 10.2 Å². The lowest BCUT2D eigenvalue weighted by Crippen LogP contribution is -2.43. The van der Waals surface area contributed by atoms with Gasteiger partial charge in [0.2, 0.25) is 5.91 Å². The van der Waals surface area contributed by atoms with Crippen LogP contribution in [-0.2, 0) is 14.3 Å². The molecule has 1 amide bonds. The van der Waals surface area contributed by atoms with Crippen molar-refractivity contribution in [3.05, 3.63) is 0 Å². The maximum atomic E-state index is 11.7. The van der Waals surface area contributed by atoms with E-state index in [9.17, 15) is 9.59 Å². The number of likely N-dealkylation sites (N-methyl/N-ethyl adjacent to an activating group) is 1. The number of esters is 1. The summed E-state index contributed by atoms with van der Waals surface area (Å²) in [6.07, 6.45) is 0.269. The van der Waals surface area contributed by atoms with E-state index in [0.29, 0.717) is 13.1 Å². The molecule has 0 aromatic rings. The molecule has 1 atom stereocenters. The molecule has 0 aliphatic carbocycles. The van der Waals surface area contributed by atoms with E-state index in [1.807, 2.05) is 27.7 Å². The van der Waals surface area contributed by atoms with E-state index in [0.717, 1.165) is 0 Å². The first-order valence-corrected chi connectivity index (χ1v) is 6.37. The van der Waals surface area contributed by atoms with Gasteiger partial charge in [0.05, 0.1) is 12.5 Å². The second-order valence-electron chi connectivity index (χ2n) is 5.36. The van der Waals surface area contributed by atoms with Crippen molar-refractivity contribution in [2.24, 2.45) is 0 Å². The molecular formula is C13H26N2O3. The Kier molecular flexibility index (Phi) is 6.91. The van der Waals surface area contributed by atoms with Crippen molar-refractivity contribution in [2.75, 3.05) is 20.1 Å². The van der Waals surface area contributed by atoms with Crippen LogP contribution in [0, 0.1) is 0 Å². The summed E-state index contributed by atoms with van der Waals surface area (Å²) >= 11 is 0. The Morgan fingerprint density at radius 3 is 2.33 bits per heavy atom. The predicted octanol–water partition coefficient (Wildman–Crippen LogP) is 1.17. The SMILES string of the molecule is CCN(C)C(=O)C(C)NCCC(=O)OC(C)(C)C. The lowest BCUT2D eigenvalue weighted by atomic mass is 10.2. The molecule has 0 saturated carbocycles. The molecule has 5 nitrogen and oxygen atoms in total. The molecule has 0 heterocycles. The van der Waals surface area contributed by atoms with Gasteiger partial charge in [-0.3, -0.25) is 9.59 Å². The van der Waals surface area contributed by atoms with E-state index >= 15 is 0 Å². The lowest BCUT2D eigenvalue weighted by Gasteiger charge is -2.21. The highest BCUT2D eigenvalue weighted by Gasteiger charge is 2.18. The van der Waals surface area contributed by atoms with Crippen LogP contribution >= 0.6 is 0 Å². The topological polar surface area (TPSA) is 58.6 Å². The number of hydrogen-bond donors (Lipinski definition) is 1. The van der Waals surface area contributed by atoms with Crippen LogP contribution in [0.1, 0.15) is 41.0 Å². The first-order chi connectivity index (χ1) is 8.17. The van der Waals surface area contributed by atoms with E-state index in [4.69, 9.17) is 4.74 Å². The van der Waals surface area contributed by atoms with Gasteiger partial charge < -0.3 is 15.0 Å². The Bertz CT molecular complexity index is 284. The molecule has 1 unspecified atom stereocenters. The fourth-order valence-corrected chi connectivity index (χ4v) is 1.36. The summed E-state index contributed by atoms with van der Waals surface area (Å²) in [4.78, 5) is 24.8. The van der Waals surface area contributed by atoms with E-state index < -0.39 is 5.60 Å². The Morgan fingerprint density at radius 1 is 1.33 bits per heavy atom. The van der Waals surface area contributed by atoms with E-state index in [1.54, 1.807) is 18.9 Å². The molecule has 0 aliphatic heterocycles. The Morgan fingerprint density at radius 2 is 1.89 bits per heavy atom. The molecule has 0 aliphatic rings. The Labute approximate surface area is 110 Å². The number of nitrogens with one attached hydrogen (secondary N) is 1. The molecule has 18 heavy (non-hydrogen) atoms. The third-order valence-electron chi connectivity index (χ3n) is 2.42. The van der Waals surface area contributed by atoms with Gasteiger partial charge in [0.1, 0.15) is 5.60 Å². The molecular weight excluding hydrogens is 232 g/mol. The summed E-state index contributed by atoms with van der Waals surface area (Å²) < 4.78 is 5.17. The molecule has 1 N–H and O–H groups in total. The van der Waals surface area contributed by atoms with Gasteiger partial charge in [0.15, 0.2) is 0 Å². The summed E-state index contributed by atoms with van der Waals surface area (Å²) in [5.41, 5.74) is -0.457. The van der Waals surface area contributed by atoms with Gasteiger partial charge in [-0.2, -0.15) is 0 Å². The molecule has 0 spiro atoms. The van der Waals surface area contributed by atoms with Crippen LogP contribution in [0.15, 0.2) is 0 Å². The predicted molar refractivity (Wildman–Crippen MR) is 71.2 cm³/mol. The van der Waals surface area contributed by atoms with Crippen LogP contribution in [0.25, 0.3) is 0 Å². The number of ether oxygens (including phenoxy) is 1. The molecule has 0 rings (SSSR count). The van der Waals surface area contributed by atoms with Gasteiger partial charge in [-0.1, -0.05) is 0 Å². The van der Waals surface area contributed by atoms with Gasteiger partial charge in [-0.05, 0) is 34.6 Å². The minimum atomic E-state index is -0.457. The molecule has 0 radical (unpaired) electrons. The highest BCUT2D eigenvalue weighted by Crippen LogP contribution is 2.07. The van der Waals surface area contributed by atoms with Crippen molar-refractivity contribution in [3.8, 4) is 0 Å². The van der Waals surface area contributed by atoms with Crippen LogP contribution in [0.4, 0.5) is 0 Å². The quantitative estimate of drug-likeness (QED) is 0.727. The zero-order valence-electron chi connectivity index (χ0n) is 12.4. The molecule has 0 bridgehead atoms. The molecule has 0 fully saturated rings. The van der Waals surface area contributed by atoms with Gasteiger partial charge >= 0.3 is 5.97 Å². The lowest BCUT2D eigenvalue weighted by molar-refractivity contribution is -0.154. The summed E-state index contributed by atoms with van der Waals surface area (Å²) in [6, 6.07) is -0.280. The smallest absolute Gasteiger partial charge is 0.307 e. The number of nitrogens with zero attached hydrogens (tertiary/aromatic N) is 1. The Hall–Kier alpha value is -1.10. The average Bonchev–Trinajstić information content (AvgIpc) is 2.24. The largest absolute Gasteiger partial charge is 0.460 e. The maximum Gasteiger partial charge on any atom is 0.307 e. The third kappa shape index (κ3) is 7.27. The zero-order chi connectivity index (χ0) is 14.3. The Balaban J connectivity index is 3.91. The number of hydrogen-bond acceptors (Lipinski definition) is 4. The number of carbonyl (C=O) groups is 2. The van der Waals surface area contributed by atoms with Crippen molar-refractivity contribution in [3.63, 3.8) is 0 Å². The van der Waals surface area contributed by atoms with E-state index in [2.05, 4.69) is 5.32 Å². The van der Waals surface area contributed by atoms with Crippen molar-refractivity contribution >= 4 is 11.9 Å². The van der Waals surface area contributed by atoms with Crippen LogP contribution in [0.5, 0.6) is 0 Å². The van der Waals surface area contributed by atoms with Gasteiger partial charge in [-0.15, -0.1) is 0 Å². The van der Waals surface area contributed by atoms with E-state index in [1.165, 1.54) is 0 Å². The van der Waals surface area contributed by atoms with Crippen LogP contribution in [0.3, 0.4) is 0 Å². The van der Waals surface area contributed by atoms with Crippen LogP contribution < -0.4 is 5.32 Å². The normalized spacial score (nSPS) is 13.0. The summed E-state index contributed by atoms with van der Waals surface area (Å²) in [5.74, 6) is -0.222. The molecule has 106 valence electrons. The first kappa shape index (κ1) is 16.9.